The molecule has 2 saturated heterocycles. The fourth-order valence-corrected chi connectivity index (χ4v) is 2.70. The first kappa shape index (κ1) is 11.4. The molecule has 0 aliphatic carbocycles. The summed E-state index contributed by atoms with van der Waals surface area (Å²) in [5.74, 6) is 0.913. The number of piperidine rings is 1. The molecular formula is C13H25NO. The van der Waals surface area contributed by atoms with Gasteiger partial charge in [0.15, 0.2) is 0 Å². The Kier molecular flexibility index (Phi) is 3.36. The van der Waals surface area contributed by atoms with Crippen LogP contribution in [0, 0.1) is 11.3 Å². The highest BCUT2D eigenvalue weighted by Crippen LogP contribution is 2.34. The molecule has 0 amide bonds. The lowest BCUT2D eigenvalue weighted by Gasteiger charge is -2.41. The van der Waals surface area contributed by atoms with Gasteiger partial charge in [-0.25, -0.2) is 0 Å². The third kappa shape index (κ3) is 2.94. The quantitative estimate of drug-likeness (QED) is 0.696. The molecule has 0 aromatic rings. The second kappa shape index (κ2) is 4.42. The van der Waals surface area contributed by atoms with E-state index in [0.717, 1.165) is 12.5 Å². The summed E-state index contributed by atoms with van der Waals surface area (Å²) < 4.78 is 5.49. The second-order valence-corrected chi connectivity index (χ2v) is 6.22. The van der Waals surface area contributed by atoms with E-state index in [1.54, 1.807) is 0 Å². The lowest BCUT2D eigenvalue weighted by molar-refractivity contribution is -0.0717. The predicted molar refractivity (Wildman–Crippen MR) is 63.0 cm³/mol. The van der Waals surface area contributed by atoms with E-state index in [0.29, 0.717) is 11.5 Å². The van der Waals surface area contributed by atoms with Gasteiger partial charge in [0.05, 0.1) is 6.10 Å². The molecule has 2 heteroatoms. The van der Waals surface area contributed by atoms with Crippen LogP contribution in [0.15, 0.2) is 0 Å². The fourth-order valence-electron chi connectivity index (χ4n) is 2.70. The number of likely N-dealkylation sites (tertiary alicyclic amines) is 1. The highest BCUT2D eigenvalue weighted by molar-refractivity contribution is 4.82. The largest absolute Gasteiger partial charge is 0.377 e. The molecule has 0 aromatic heterocycles. The van der Waals surface area contributed by atoms with E-state index in [-0.39, 0.29) is 0 Å². The molecule has 0 N–H and O–H groups in total. The summed E-state index contributed by atoms with van der Waals surface area (Å²) in [6.45, 7) is 11.9. The van der Waals surface area contributed by atoms with Gasteiger partial charge in [0, 0.05) is 13.2 Å². The summed E-state index contributed by atoms with van der Waals surface area (Å²) in [5, 5.41) is 0. The summed E-state index contributed by atoms with van der Waals surface area (Å²) in [7, 11) is 0. The Morgan fingerprint density at radius 2 is 1.73 bits per heavy atom. The van der Waals surface area contributed by atoms with Crippen LogP contribution in [0.5, 0.6) is 0 Å². The van der Waals surface area contributed by atoms with Crippen molar-refractivity contribution in [2.24, 2.45) is 11.3 Å². The van der Waals surface area contributed by atoms with Gasteiger partial charge >= 0.3 is 0 Å². The smallest absolute Gasteiger partial charge is 0.0723 e. The first-order valence-electron chi connectivity index (χ1n) is 6.39. The molecular weight excluding hydrogens is 186 g/mol. The number of nitrogens with zero attached hydrogens (tertiary/aromatic N) is 1. The Hall–Kier alpha value is -0.0800. The molecule has 0 aromatic carbocycles. The number of hydrogen-bond donors (Lipinski definition) is 0. The number of ether oxygens (including phenoxy) is 1. The molecule has 1 atom stereocenters. The Morgan fingerprint density at radius 3 is 2.13 bits per heavy atom. The zero-order valence-electron chi connectivity index (χ0n) is 10.5. The standard InChI is InChI=1S/C13H25NO/c1-13(2,3)11-4-7-14(8-5-11)10-12-6-9-15-12/h11-12H,4-10H2,1-3H3. The topological polar surface area (TPSA) is 12.5 Å². The van der Waals surface area contributed by atoms with Crippen LogP contribution in [-0.2, 0) is 4.74 Å². The maximum absolute atomic E-state index is 5.49. The predicted octanol–water partition coefficient (Wildman–Crippen LogP) is 2.53. The lowest BCUT2D eigenvalue weighted by Crippen LogP contribution is -2.45. The van der Waals surface area contributed by atoms with Gasteiger partial charge in [-0.3, -0.25) is 0 Å². The first-order valence-corrected chi connectivity index (χ1v) is 6.39. The van der Waals surface area contributed by atoms with Crippen LogP contribution in [0.1, 0.15) is 40.0 Å². The zero-order chi connectivity index (χ0) is 10.9. The molecule has 2 aliphatic rings. The normalized spacial score (nSPS) is 30.2. The summed E-state index contributed by atoms with van der Waals surface area (Å²) in [6.07, 6.45) is 4.57. The first-order chi connectivity index (χ1) is 7.05. The summed E-state index contributed by atoms with van der Waals surface area (Å²) in [5.41, 5.74) is 0.499. The van der Waals surface area contributed by atoms with Gasteiger partial charge in [-0.15, -0.1) is 0 Å². The molecule has 0 radical (unpaired) electrons. The van der Waals surface area contributed by atoms with Crippen molar-refractivity contribution in [3.8, 4) is 0 Å². The highest BCUT2D eigenvalue weighted by atomic mass is 16.5. The van der Waals surface area contributed by atoms with Crippen molar-refractivity contribution in [3.05, 3.63) is 0 Å². The van der Waals surface area contributed by atoms with Gasteiger partial charge in [-0.2, -0.15) is 0 Å². The van der Waals surface area contributed by atoms with Gasteiger partial charge in [-0.1, -0.05) is 20.8 Å². The van der Waals surface area contributed by atoms with E-state index in [2.05, 4.69) is 25.7 Å². The molecule has 1 unspecified atom stereocenters. The van der Waals surface area contributed by atoms with Gasteiger partial charge in [0.2, 0.25) is 0 Å². The van der Waals surface area contributed by atoms with Crippen LogP contribution in [-0.4, -0.2) is 37.2 Å². The van der Waals surface area contributed by atoms with E-state index >= 15 is 0 Å². The molecule has 2 nitrogen and oxygen atoms in total. The van der Waals surface area contributed by atoms with Gasteiger partial charge in [0.1, 0.15) is 0 Å². The maximum Gasteiger partial charge on any atom is 0.0723 e. The fraction of sp³-hybridized carbons (Fsp3) is 1.00. The monoisotopic (exact) mass is 211 g/mol. The minimum atomic E-state index is 0.499. The average molecular weight is 211 g/mol. The second-order valence-electron chi connectivity index (χ2n) is 6.22. The van der Waals surface area contributed by atoms with Crippen LogP contribution < -0.4 is 0 Å². The minimum Gasteiger partial charge on any atom is -0.377 e. The summed E-state index contributed by atoms with van der Waals surface area (Å²) in [4.78, 5) is 2.59. The van der Waals surface area contributed by atoms with Gasteiger partial charge < -0.3 is 9.64 Å². The van der Waals surface area contributed by atoms with Crippen LogP contribution in [0.3, 0.4) is 0 Å². The average Bonchev–Trinajstić information content (AvgIpc) is 2.11. The minimum absolute atomic E-state index is 0.499. The van der Waals surface area contributed by atoms with Crippen LogP contribution in [0.4, 0.5) is 0 Å². The van der Waals surface area contributed by atoms with E-state index in [4.69, 9.17) is 4.74 Å². The van der Waals surface area contributed by atoms with Crippen molar-refractivity contribution in [1.82, 2.24) is 4.90 Å². The number of rotatable bonds is 2. The van der Waals surface area contributed by atoms with Gasteiger partial charge in [0.25, 0.3) is 0 Å². The maximum atomic E-state index is 5.49. The zero-order valence-corrected chi connectivity index (χ0v) is 10.5. The molecule has 88 valence electrons. The molecule has 0 bridgehead atoms. The van der Waals surface area contributed by atoms with E-state index in [1.807, 2.05) is 0 Å². The third-order valence-electron chi connectivity index (χ3n) is 4.07. The molecule has 2 rings (SSSR count). The molecule has 0 spiro atoms. The van der Waals surface area contributed by atoms with Crippen molar-refractivity contribution >= 4 is 0 Å². The third-order valence-corrected chi connectivity index (χ3v) is 4.07. The van der Waals surface area contributed by atoms with E-state index in [9.17, 15) is 0 Å². The van der Waals surface area contributed by atoms with Crippen molar-refractivity contribution in [3.63, 3.8) is 0 Å². The Balaban J connectivity index is 1.71. The van der Waals surface area contributed by atoms with Crippen molar-refractivity contribution in [2.45, 2.75) is 46.1 Å². The Morgan fingerprint density at radius 1 is 1.13 bits per heavy atom. The van der Waals surface area contributed by atoms with E-state index in [1.165, 1.54) is 38.9 Å². The summed E-state index contributed by atoms with van der Waals surface area (Å²) in [6, 6.07) is 0. The SMILES string of the molecule is CC(C)(C)C1CCN(CC2CCO2)CC1. The van der Waals surface area contributed by atoms with Crippen molar-refractivity contribution in [2.75, 3.05) is 26.2 Å². The Bertz CT molecular complexity index is 197. The van der Waals surface area contributed by atoms with Crippen LogP contribution in [0.2, 0.25) is 0 Å². The lowest BCUT2D eigenvalue weighted by atomic mass is 9.75. The highest BCUT2D eigenvalue weighted by Gasteiger charge is 2.30. The summed E-state index contributed by atoms with van der Waals surface area (Å²) >= 11 is 0. The van der Waals surface area contributed by atoms with Gasteiger partial charge in [-0.05, 0) is 43.7 Å². The van der Waals surface area contributed by atoms with Crippen LogP contribution in [0.25, 0.3) is 0 Å². The molecule has 0 saturated carbocycles. The molecule has 15 heavy (non-hydrogen) atoms. The molecule has 2 aliphatic heterocycles. The molecule has 2 fully saturated rings. The Labute approximate surface area is 94.0 Å². The number of hydrogen-bond acceptors (Lipinski definition) is 2. The molecule has 2 heterocycles. The van der Waals surface area contributed by atoms with Crippen molar-refractivity contribution < 1.29 is 4.74 Å². The van der Waals surface area contributed by atoms with Crippen LogP contribution >= 0.6 is 0 Å². The van der Waals surface area contributed by atoms with E-state index < -0.39 is 0 Å². The van der Waals surface area contributed by atoms with Crippen molar-refractivity contribution in [1.29, 1.82) is 0 Å².